The summed E-state index contributed by atoms with van der Waals surface area (Å²) in [6.45, 7) is 1.80. The van der Waals surface area contributed by atoms with Crippen molar-refractivity contribution in [2.75, 3.05) is 12.4 Å². The summed E-state index contributed by atoms with van der Waals surface area (Å²) < 4.78 is 38.0. The number of thioether (sulfide) groups is 1. The number of benzene rings is 1. The van der Waals surface area contributed by atoms with Gasteiger partial charge in [0, 0.05) is 17.3 Å². The smallest absolute Gasteiger partial charge is 0.396 e. The monoisotopic (exact) mass is 275 g/mol. The van der Waals surface area contributed by atoms with Crippen LogP contribution < -0.4 is 0 Å². The fourth-order valence-corrected chi connectivity index (χ4v) is 2.18. The molecule has 0 saturated heterocycles. The van der Waals surface area contributed by atoms with E-state index in [1.807, 2.05) is 0 Å². The molecule has 2 nitrogen and oxygen atoms in total. The van der Waals surface area contributed by atoms with Gasteiger partial charge in [0.1, 0.15) is 0 Å². The lowest BCUT2D eigenvalue weighted by atomic mass is 10.1. The number of hydrogen-bond acceptors (Lipinski definition) is 3. The maximum absolute atomic E-state index is 12.7. The minimum absolute atomic E-state index is 0.00456. The summed E-state index contributed by atoms with van der Waals surface area (Å²) in [6, 6.07) is 5.18. The number of hydrogen-bond donors (Lipinski definition) is 1. The van der Waals surface area contributed by atoms with Gasteiger partial charge in [-0.2, -0.15) is 18.4 Å². The average Bonchev–Trinajstić information content (AvgIpc) is 2.34. The van der Waals surface area contributed by atoms with E-state index in [1.165, 1.54) is 30.0 Å². The lowest BCUT2D eigenvalue weighted by Gasteiger charge is -2.11. The molecule has 0 saturated carbocycles. The molecule has 98 valence electrons. The zero-order chi connectivity index (χ0) is 13.8. The predicted molar refractivity (Wildman–Crippen MR) is 63.1 cm³/mol. The first-order valence-electron chi connectivity index (χ1n) is 5.23. The first kappa shape index (κ1) is 14.9. The van der Waals surface area contributed by atoms with Crippen molar-refractivity contribution in [2.24, 2.45) is 5.92 Å². The van der Waals surface area contributed by atoms with Crippen LogP contribution in [-0.4, -0.2) is 17.5 Å². The van der Waals surface area contributed by atoms with Crippen molar-refractivity contribution < 1.29 is 18.3 Å². The second-order valence-electron chi connectivity index (χ2n) is 3.92. The Morgan fingerprint density at radius 1 is 1.44 bits per heavy atom. The van der Waals surface area contributed by atoms with E-state index in [9.17, 15) is 13.2 Å². The van der Waals surface area contributed by atoms with Crippen LogP contribution in [0.25, 0.3) is 0 Å². The average molecular weight is 275 g/mol. The summed E-state index contributed by atoms with van der Waals surface area (Å²) in [5.41, 5.74) is -1.28. The Hall–Kier alpha value is -1.19. The van der Waals surface area contributed by atoms with E-state index in [-0.39, 0.29) is 18.1 Å². The number of alkyl halides is 3. The molecule has 0 aliphatic rings. The van der Waals surface area contributed by atoms with E-state index in [1.54, 1.807) is 6.92 Å². The lowest BCUT2D eigenvalue weighted by Crippen LogP contribution is -2.08. The summed E-state index contributed by atoms with van der Waals surface area (Å²) in [5.74, 6) is 0.541. The molecule has 18 heavy (non-hydrogen) atoms. The van der Waals surface area contributed by atoms with Crippen molar-refractivity contribution in [1.82, 2.24) is 0 Å². The molecule has 0 aromatic heterocycles. The summed E-state index contributed by atoms with van der Waals surface area (Å²) in [7, 11) is 0. The maximum atomic E-state index is 12.7. The van der Waals surface area contributed by atoms with Gasteiger partial charge in [-0.3, -0.25) is 0 Å². The molecule has 0 aliphatic carbocycles. The fourth-order valence-electron chi connectivity index (χ4n) is 1.24. The van der Waals surface area contributed by atoms with Crippen molar-refractivity contribution in [3.8, 4) is 6.07 Å². The van der Waals surface area contributed by atoms with E-state index in [4.69, 9.17) is 10.4 Å². The van der Waals surface area contributed by atoms with Crippen molar-refractivity contribution in [3.05, 3.63) is 29.3 Å². The molecular formula is C12H12F3NOS. The number of halogens is 3. The summed E-state index contributed by atoms with van der Waals surface area (Å²) in [5, 5.41) is 17.5. The van der Waals surface area contributed by atoms with Crippen LogP contribution in [0.5, 0.6) is 0 Å². The molecule has 0 radical (unpaired) electrons. The Kier molecular flexibility index (Phi) is 5.05. The van der Waals surface area contributed by atoms with Crippen LogP contribution in [0.1, 0.15) is 18.1 Å². The Balaban J connectivity index is 2.94. The molecule has 1 aromatic carbocycles. The van der Waals surface area contributed by atoms with E-state index in [0.717, 1.165) is 6.07 Å². The van der Waals surface area contributed by atoms with Gasteiger partial charge in [0.25, 0.3) is 0 Å². The Bertz CT molecular complexity index is 454. The van der Waals surface area contributed by atoms with Crippen LogP contribution in [-0.2, 0) is 6.18 Å². The normalized spacial score (nSPS) is 13.1. The third kappa shape index (κ3) is 3.93. The zero-order valence-corrected chi connectivity index (χ0v) is 10.5. The first-order valence-corrected chi connectivity index (χ1v) is 6.22. The quantitative estimate of drug-likeness (QED) is 0.857. The third-order valence-electron chi connectivity index (χ3n) is 2.26. The molecule has 0 spiro atoms. The highest BCUT2D eigenvalue weighted by Gasteiger charge is 2.33. The van der Waals surface area contributed by atoms with Gasteiger partial charge in [0.05, 0.1) is 17.2 Å². The zero-order valence-electron chi connectivity index (χ0n) is 9.66. The largest absolute Gasteiger partial charge is 0.417 e. The van der Waals surface area contributed by atoms with E-state index in [2.05, 4.69) is 0 Å². The topological polar surface area (TPSA) is 44.0 Å². The molecule has 0 aliphatic heterocycles. The van der Waals surface area contributed by atoms with Gasteiger partial charge in [-0.1, -0.05) is 6.92 Å². The number of nitriles is 1. The van der Waals surface area contributed by atoms with Crippen molar-refractivity contribution in [2.45, 2.75) is 18.0 Å². The summed E-state index contributed by atoms with van der Waals surface area (Å²) in [6.07, 6.45) is -4.52. The molecular weight excluding hydrogens is 263 g/mol. The molecule has 6 heteroatoms. The highest BCUT2D eigenvalue weighted by molar-refractivity contribution is 7.99. The molecule has 1 aromatic rings. The molecule has 0 amide bonds. The van der Waals surface area contributed by atoms with E-state index >= 15 is 0 Å². The third-order valence-corrected chi connectivity index (χ3v) is 3.59. The van der Waals surface area contributed by atoms with Gasteiger partial charge < -0.3 is 5.11 Å². The van der Waals surface area contributed by atoms with Crippen LogP contribution in [0.2, 0.25) is 0 Å². The van der Waals surface area contributed by atoms with Crippen molar-refractivity contribution in [3.63, 3.8) is 0 Å². The van der Waals surface area contributed by atoms with Crippen LogP contribution in [0.15, 0.2) is 23.1 Å². The number of rotatable bonds is 4. The molecule has 1 unspecified atom stereocenters. The van der Waals surface area contributed by atoms with Gasteiger partial charge in [-0.15, -0.1) is 11.8 Å². The number of nitrogens with zero attached hydrogens (tertiary/aromatic N) is 1. The molecule has 1 atom stereocenters. The van der Waals surface area contributed by atoms with Crippen LogP contribution in [0.3, 0.4) is 0 Å². The van der Waals surface area contributed by atoms with Crippen LogP contribution in [0, 0.1) is 17.2 Å². The van der Waals surface area contributed by atoms with Gasteiger partial charge >= 0.3 is 6.18 Å². The Labute approximate surface area is 107 Å². The highest BCUT2D eigenvalue weighted by atomic mass is 32.2. The SMILES string of the molecule is CC(CO)CSc1ccc(C#N)c(C(F)(F)F)c1. The van der Waals surface area contributed by atoms with Crippen molar-refractivity contribution >= 4 is 11.8 Å². The minimum atomic E-state index is -4.52. The minimum Gasteiger partial charge on any atom is -0.396 e. The number of aliphatic hydroxyl groups is 1. The van der Waals surface area contributed by atoms with Crippen molar-refractivity contribution in [1.29, 1.82) is 5.26 Å². The molecule has 0 bridgehead atoms. The van der Waals surface area contributed by atoms with Gasteiger partial charge in [0.2, 0.25) is 0 Å². The van der Waals surface area contributed by atoms with Crippen LogP contribution >= 0.6 is 11.8 Å². The Morgan fingerprint density at radius 2 is 2.11 bits per heavy atom. The van der Waals surface area contributed by atoms with E-state index < -0.39 is 11.7 Å². The maximum Gasteiger partial charge on any atom is 0.417 e. The number of aliphatic hydroxyl groups excluding tert-OH is 1. The molecule has 0 fully saturated rings. The lowest BCUT2D eigenvalue weighted by molar-refractivity contribution is -0.137. The van der Waals surface area contributed by atoms with Gasteiger partial charge in [-0.05, 0) is 24.1 Å². The van der Waals surface area contributed by atoms with Gasteiger partial charge in [0.15, 0.2) is 0 Å². The highest BCUT2D eigenvalue weighted by Crippen LogP contribution is 2.34. The summed E-state index contributed by atoms with van der Waals surface area (Å²) in [4.78, 5) is 0.446. The molecule has 0 heterocycles. The van der Waals surface area contributed by atoms with Gasteiger partial charge in [-0.25, -0.2) is 0 Å². The summed E-state index contributed by atoms with van der Waals surface area (Å²) >= 11 is 1.23. The second-order valence-corrected chi connectivity index (χ2v) is 5.01. The molecule has 1 N–H and O–H groups in total. The Morgan fingerprint density at radius 3 is 2.61 bits per heavy atom. The fraction of sp³-hybridized carbons (Fsp3) is 0.417. The van der Waals surface area contributed by atoms with Crippen LogP contribution in [0.4, 0.5) is 13.2 Å². The van der Waals surface area contributed by atoms with E-state index in [0.29, 0.717) is 10.6 Å². The first-order chi connectivity index (χ1) is 8.38. The standard InChI is InChI=1S/C12H12F3NOS/c1-8(6-17)7-18-10-3-2-9(5-16)11(4-10)12(13,14)15/h2-4,8,17H,6-7H2,1H3. The molecule has 1 rings (SSSR count). The second kappa shape index (κ2) is 6.12. The predicted octanol–water partition coefficient (Wildman–Crippen LogP) is 3.30.